The number of hydrogen-bond donors (Lipinski definition) is 0. The van der Waals surface area contributed by atoms with Gasteiger partial charge in [-0.1, -0.05) is 11.6 Å². The van der Waals surface area contributed by atoms with Crippen LogP contribution in [0.1, 0.15) is 6.42 Å². The second kappa shape index (κ2) is 6.03. The normalized spacial score (nSPS) is 22.7. The smallest absolute Gasteiger partial charge is 0.228 e. The highest BCUT2D eigenvalue weighted by atomic mass is 35.5. The number of anilines is 1. The summed E-state index contributed by atoms with van der Waals surface area (Å²) in [7, 11) is 0. The van der Waals surface area contributed by atoms with E-state index >= 15 is 0 Å². The number of amides is 2. The predicted molar refractivity (Wildman–Crippen MR) is 79.3 cm³/mol. The molecular formula is C15H17ClN2O3. The van der Waals surface area contributed by atoms with E-state index in [9.17, 15) is 9.59 Å². The molecule has 1 aromatic rings. The molecule has 1 aromatic carbocycles. The fraction of sp³-hybridized carbons (Fsp3) is 0.467. The first-order valence-electron chi connectivity index (χ1n) is 7.07. The van der Waals surface area contributed by atoms with Crippen LogP contribution in [0.3, 0.4) is 0 Å². The molecule has 3 rings (SSSR count). The third-order valence-corrected chi connectivity index (χ3v) is 4.19. The summed E-state index contributed by atoms with van der Waals surface area (Å²) in [6.45, 7) is 2.83. The highest BCUT2D eigenvalue weighted by Crippen LogP contribution is 2.27. The van der Waals surface area contributed by atoms with Gasteiger partial charge in [0.2, 0.25) is 11.8 Å². The second-order valence-corrected chi connectivity index (χ2v) is 5.76. The lowest BCUT2D eigenvalue weighted by molar-refractivity contribution is -0.139. The summed E-state index contributed by atoms with van der Waals surface area (Å²) < 4.78 is 5.25. The quantitative estimate of drug-likeness (QED) is 0.833. The van der Waals surface area contributed by atoms with E-state index < -0.39 is 0 Å². The van der Waals surface area contributed by atoms with Crippen molar-refractivity contribution in [1.82, 2.24) is 4.90 Å². The lowest BCUT2D eigenvalue weighted by Gasteiger charge is -2.29. The molecule has 2 fully saturated rings. The minimum Gasteiger partial charge on any atom is -0.378 e. The summed E-state index contributed by atoms with van der Waals surface area (Å²) in [4.78, 5) is 28.1. The molecule has 0 aromatic heterocycles. The van der Waals surface area contributed by atoms with Crippen molar-refractivity contribution in [3.8, 4) is 0 Å². The standard InChI is InChI=1S/C15H17ClN2O3/c16-12-1-3-13(4-2-12)18-10-11(9-14(18)19)15(20)17-5-7-21-8-6-17/h1-4,11H,5-10H2/t11-/m1/s1. The highest BCUT2D eigenvalue weighted by Gasteiger charge is 2.37. The molecule has 6 heteroatoms. The molecule has 0 radical (unpaired) electrons. The maximum Gasteiger partial charge on any atom is 0.228 e. The SMILES string of the molecule is O=C([C@@H]1CC(=O)N(c2ccc(Cl)cc2)C1)N1CCOCC1. The molecule has 2 aliphatic rings. The van der Waals surface area contributed by atoms with Gasteiger partial charge in [-0.05, 0) is 24.3 Å². The van der Waals surface area contributed by atoms with E-state index in [2.05, 4.69) is 0 Å². The van der Waals surface area contributed by atoms with Crippen LogP contribution in [-0.2, 0) is 14.3 Å². The van der Waals surface area contributed by atoms with E-state index in [-0.39, 0.29) is 24.2 Å². The molecule has 0 unspecified atom stereocenters. The summed E-state index contributed by atoms with van der Waals surface area (Å²) in [6.07, 6.45) is 0.277. The van der Waals surface area contributed by atoms with Crippen LogP contribution in [0.25, 0.3) is 0 Å². The van der Waals surface area contributed by atoms with Gasteiger partial charge < -0.3 is 14.5 Å². The first kappa shape index (κ1) is 14.4. The van der Waals surface area contributed by atoms with Crippen molar-refractivity contribution in [2.75, 3.05) is 37.7 Å². The molecule has 2 saturated heterocycles. The van der Waals surface area contributed by atoms with Crippen LogP contribution in [0.15, 0.2) is 24.3 Å². The van der Waals surface area contributed by atoms with Crippen molar-refractivity contribution < 1.29 is 14.3 Å². The van der Waals surface area contributed by atoms with Crippen LogP contribution in [-0.4, -0.2) is 49.6 Å². The van der Waals surface area contributed by atoms with Crippen LogP contribution in [0, 0.1) is 5.92 Å². The number of benzene rings is 1. The van der Waals surface area contributed by atoms with Crippen molar-refractivity contribution in [3.63, 3.8) is 0 Å². The first-order valence-corrected chi connectivity index (χ1v) is 7.45. The summed E-state index contributed by atoms with van der Waals surface area (Å²) in [5.41, 5.74) is 0.793. The molecule has 0 bridgehead atoms. The van der Waals surface area contributed by atoms with Crippen LogP contribution in [0.5, 0.6) is 0 Å². The Morgan fingerprint density at radius 1 is 1.19 bits per heavy atom. The van der Waals surface area contributed by atoms with Gasteiger partial charge in [0.15, 0.2) is 0 Å². The van der Waals surface area contributed by atoms with Gasteiger partial charge >= 0.3 is 0 Å². The number of rotatable bonds is 2. The molecule has 5 nitrogen and oxygen atoms in total. The van der Waals surface area contributed by atoms with Gasteiger partial charge in [-0.2, -0.15) is 0 Å². The third-order valence-electron chi connectivity index (χ3n) is 3.94. The molecule has 0 N–H and O–H groups in total. The summed E-state index contributed by atoms with van der Waals surface area (Å²) in [5.74, 6) is -0.210. The van der Waals surface area contributed by atoms with Crippen molar-refractivity contribution in [3.05, 3.63) is 29.3 Å². The van der Waals surface area contributed by atoms with Gasteiger partial charge in [-0.25, -0.2) is 0 Å². The molecule has 2 heterocycles. The lowest BCUT2D eigenvalue weighted by Crippen LogP contribution is -2.44. The Balaban J connectivity index is 1.69. The Bertz CT molecular complexity index is 540. The van der Waals surface area contributed by atoms with E-state index in [1.54, 1.807) is 21.9 Å². The first-order chi connectivity index (χ1) is 10.1. The number of halogens is 1. The monoisotopic (exact) mass is 308 g/mol. The summed E-state index contributed by atoms with van der Waals surface area (Å²) in [5, 5.41) is 0.631. The van der Waals surface area contributed by atoms with Gasteiger partial charge in [0.1, 0.15) is 0 Å². The minimum atomic E-state index is -0.258. The number of carbonyl (C=O) groups is 2. The van der Waals surface area contributed by atoms with Crippen LogP contribution in [0.2, 0.25) is 5.02 Å². The van der Waals surface area contributed by atoms with Gasteiger partial charge in [-0.3, -0.25) is 9.59 Å². The number of ether oxygens (including phenoxy) is 1. The number of carbonyl (C=O) groups excluding carboxylic acids is 2. The van der Waals surface area contributed by atoms with Gasteiger partial charge in [0.05, 0.1) is 19.1 Å². The van der Waals surface area contributed by atoms with E-state index in [0.717, 1.165) is 5.69 Å². The largest absolute Gasteiger partial charge is 0.378 e. The molecule has 21 heavy (non-hydrogen) atoms. The Morgan fingerprint density at radius 3 is 2.52 bits per heavy atom. The fourth-order valence-electron chi connectivity index (χ4n) is 2.79. The van der Waals surface area contributed by atoms with Crippen LogP contribution >= 0.6 is 11.6 Å². The number of hydrogen-bond acceptors (Lipinski definition) is 3. The Labute approximate surface area is 128 Å². The molecule has 112 valence electrons. The van der Waals surface area contributed by atoms with Gasteiger partial charge in [-0.15, -0.1) is 0 Å². The molecular weight excluding hydrogens is 292 g/mol. The van der Waals surface area contributed by atoms with E-state index in [1.807, 2.05) is 12.1 Å². The molecule has 2 amide bonds. The highest BCUT2D eigenvalue weighted by molar-refractivity contribution is 6.30. The van der Waals surface area contributed by atoms with Crippen molar-refractivity contribution in [1.29, 1.82) is 0 Å². The Morgan fingerprint density at radius 2 is 1.86 bits per heavy atom. The molecule has 2 aliphatic heterocycles. The zero-order valence-electron chi connectivity index (χ0n) is 11.6. The third kappa shape index (κ3) is 3.04. The second-order valence-electron chi connectivity index (χ2n) is 5.32. The van der Waals surface area contributed by atoms with E-state index in [1.165, 1.54) is 0 Å². The summed E-state index contributed by atoms with van der Waals surface area (Å²) in [6, 6.07) is 7.12. The van der Waals surface area contributed by atoms with Gasteiger partial charge in [0.25, 0.3) is 0 Å². The lowest BCUT2D eigenvalue weighted by atomic mass is 10.1. The zero-order chi connectivity index (χ0) is 14.8. The molecule has 0 spiro atoms. The maximum absolute atomic E-state index is 12.4. The van der Waals surface area contributed by atoms with Crippen molar-refractivity contribution in [2.45, 2.75) is 6.42 Å². The molecule has 1 atom stereocenters. The average molecular weight is 309 g/mol. The number of morpholine rings is 1. The predicted octanol–water partition coefficient (Wildman–Crippen LogP) is 1.55. The van der Waals surface area contributed by atoms with E-state index in [4.69, 9.17) is 16.3 Å². The molecule has 0 aliphatic carbocycles. The Kier molecular flexibility index (Phi) is 4.12. The summed E-state index contributed by atoms with van der Waals surface area (Å²) >= 11 is 5.86. The average Bonchev–Trinajstić information content (AvgIpc) is 2.90. The maximum atomic E-state index is 12.4. The Hall–Kier alpha value is -1.59. The van der Waals surface area contributed by atoms with Crippen molar-refractivity contribution >= 4 is 29.1 Å². The van der Waals surface area contributed by atoms with Crippen molar-refractivity contribution in [2.24, 2.45) is 5.92 Å². The number of nitrogens with zero attached hydrogens (tertiary/aromatic N) is 2. The van der Waals surface area contributed by atoms with E-state index in [0.29, 0.717) is 37.9 Å². The zero-order valence-corrected chi connectivity index (χ0v) is 12.4. The molecule has 0 saturated carbocycles. The van der Waals surface area contributed by atoms with Crippen LogP contribution < -0.4 is 4.90 Å². The minimum absolute atomic E-state index is 0.0102. The fourth-order valence-corrected chi connectivity index (χ4v) is 2.91. The van der Waals surface area contributed by atoms with Crippen LogP contribution in [0.4, 0.5) is 5.69 Å². The topological polar surface area (TPSA) is 49.9 Å². The van der Waals surface area contributed by atoms with Gasteiger partial charge in [0, 0.05) is 36.8 Å².